The average Bonchev–Trinajstić information content (AvgIpc) is 3.04. The second kappa shape index (κ2) is 10.0. The number of aliphatic imine (C=N–C) groups is 1. The molecule has 0 atom stereocenters. The van der Waals surface area contributed by atoms with E-state index in [1.54, 1.807) is 7.05 Å². The van der Waals surface area contributed by atoms with E-state index in [-0.39, 0.29) is 24.0 Å². The topological polar surface area (TPSA) is 62.5 Å². The molecule has 0 aliphatic heterocycles. The van der Waals surface area contributed by atoms with Crippen LogP contribution in [0, 0.1) is 0 Å². The Morgan fingerprint density at radius 1 is 1.04 bits per heavy atom. The predicted octanol–water partition coefficient (Wildman–Crippen LogP) is 3.40. The smallest absolute Gasteiger partial charge is 0.191 e. The van der Waals surface area contributed by atoms with Crippen molar-refractivity contribution in [3.05, 3.63) is 66.2 Å². The first kappa shape index (κ1) is 19.2. The van der Waals surface area contributed by atoms with Gasteiger partial charge < -0.3 is 15.1 Å². The van der Waals surface area contributed by atoms with Crippen LogP contribution in [0.5, 0.6) is 0 Å². The molecule has 0 aliphatic rings. The molecule has 0 saturated carbocycles. The zero-order chi connectivity index (χ0) is 16.6. The Morgan fingerprint density at radius 3 is 2.52 bits per heavy atom. The zero-order valence-corrected chi connectivity index (χ0v) is 16.6. The average molecular weight is 450 g/mol. The van der Waals surface area contributed by atoms with Crippen LogP contribution in [0.4, 0.5) is 0 Å². The first-order chi connectivity index (χ1) is 11.8. The Hall–Kier alpha value is -2.09. The highest BCUT2D eigenvalue weighted by atomic mass is 127. The summed E-state index contributed by atoms with van der Waals surface area (Å²) in [6.07, 6.45) is 3.50. The Labute approximate surface area is 165 Å². The molecule has 3 aromatic rings. The number of pyridine rings is 1. The maximum absolute atomic E-state index is 5.81. The van der Waals surface area contributed by atoms with Crippen LogP contribution in [-0.2, 0) is 12.8 Å². The van der Waals surface area contributed by atoms with Gasteiger partial charge in [-0.25, -0.2) is 0 Å². The number of guanidine groups is 1. The fourth-order valence-corrected chi connectivity index (χ4v) is 2.54. The minimum Gasteiger partial charge on any atom is -0.461 e. The van der Waals surface area contributed by atoms with E-state index in [4.69, 9.17) is 4.42 Å². The molecule has 0 unspecified atom stereocenters. The molecule has 0 fully saturated rings. The Bertz CT molecular complexity index is 768. The van der Waals surface area contributed by atoms with Crippen molar-refractivity contribution in [2.24, 2.45) is 4.99 Å². The second-order valence-corrected chi connectivity index (χ2v) is 5.50. The first-order valence-electron chi connectivity index (χ1n) is 8.17. The number of benzene rings is 1. The van der Waals surface area contributed by atoms with Crippen molar-refractivity contribution in [1.82, 2.24) is 15.6 Å². The number of nitrogens with zero attached hydrogens (tertiary/aromatic N) is 2. The van der Waals surface area contributed by atoms with Gasteiger partial charge in [-0.3, -0.25) is 9.98 Å². The van der Waals surface area contributed by atoms with Gasteiger partial charge >= 0.3 is 0 Å². The summed E-state index contributed by atoms with van der Waals surface area (Å²) in [7, 11) is 1.78. The number of rotatable bonds is 6. The summed E-state index contributed by atoms with van der Waals surface area (Å²) in [5.74, 6) is 1.77. The number of aromatic nitrogens is 1. The molecule has 0 amide bonds. The second-order valence-electron chi connectivity index (χ2n) is 5.50. The van der Waals surface area contributed by atoms with Crippen molar-refractivity contribution in [3.8, 4) is 0 Å². The maximum atomic E-state index is 5.81. The lowest BCUT2D eigenvalue weighted by molar-refractivity contribution is 0.544. The van der Waals surface area contributed by atoms with Gasteiger partial charge in [-0.2, -0.15) is 0 Å². The highest BCUT2D eigenvalue weighted by Gasteiger charge is 2.03. The zero-order valence-electron chi connectivity index (χ0n) is 14.2. The van der Waals surface area contributed by atoms with Crippen LogP contribution in [0.25, 0.3) is 11.0 Å². The largest absolute Gasteiger partial charge is 0.461 e. The molecule has 2 heterocycles. The van der Waals surface area contributed by atoms with E-state index < -0.39 is 0 Å². The van der Waals surface area contributed by atoms with E-state index in [9.17, 15) is 0 Å². The summed E-state index contributed by atoms with van der Waals surface area (Å²) in [4.78, 5) is 8.55. The SMILES string of the molecule is CN=C(NCCc1ccccn1)NCCc1cc2ccccc2o1.I. The summed E-state index contributed by atoms with van der Waals surface area (Å²) in [6.45, 7) is 1.56. The fourth-order valence-electron chi connectivity index (χ4n) is 2.54. The molecular weight excluding hydrogens is 427 g/mol. The number of furan rings is 1. The normalized spacial score (nSPS) is 11.2. The van der Waals surface area contributed by atoms with Crippen LogP contribution in [0.3, 0.4) is 0 Å². The molecule has 5 nitrogen and oxygen atoms in total. The van der Waals surface area contributed by atoms with E-state index in [0.717, 1.165) is 54.3 Å². The van der Waals surface area contributed by atoms with E-state index in [1.165, 1.54) is 0 Å². The molecule has 2 aromatic heterocycles. The minimum atomic E-state index is 0. The van der Waals surface area contributed by atoms with E-state index in [0.29, 0.717) is 0 Å². The van der Waals surface area contributed by atoms with Crippen LogP contribution in [0.1, 0.15) is 11.5 Å². The minimum absolute atomic E-state index is 0. The van der Waals surface area contributed by atoms with Gasteiger partial charge in [0.15, 0.2) is 5.96 Å². The van der Waals surface area contributed by atoms with Crippen LogP contribution < -0.4 is 10.6 Å². The number of para-hydroxylation sites is 1. The lowest BCUT2D eigenvalue weighted by Gasteiger charge is -2.11. The lowest BCUT2D eigenvalue weighted by atomic mass is 10.2. The Morgan fingerprint density at radius 2 is 1.80 bits per heavy atom. The van der Waals surface area contributed by atoms with Gasteiger partial charge in [0.1, 0.15) is 11.3 Å². The predicted molar refractivity (Wildman–Crippen MR) is 113 cm³/mol. The van der Waals surface area contributed by atoms with Crippen LogP contribution in [-0.4, -0.2) is 31.1 Å². The van der Waals surface area contributed by atoms with E-state index in [2.05, 4.69) is 32.7 Å². The molecule has 0 radical (unpaired) electrons. The quantitative estimate of drug-likeness (QED) is 0.344. The molecule has 132 valence electrons. The van der Waals surface area contributed by atoms with Crippen LogP contribution >= 0.6 is 24.0 Å². The molecule has 25 heavy (non-hydrogen) atoms. The standard InChI is InChI=1S/C19H22N4O.HI/c1-20-19(22-12-9-16-7-4-5-11-21-16)23-13-10-17-14-15-6-2-3-8-18(15)24-17;/h2-8,11,14H,9-10,12-13H2,1H3,(H2,20,22,23);1H. The molecule has 0 bridgehead atoms. The summed E-state index contributed by atoms with van der Waals surface area (Å²) in [6, 6.07) is 16.1. The molecular formula is C19H23IN4O. The monoisotopic (exact) mass is 450 g/mol. The Kier molecular flexibility index (Phi) is 7.72. The maximum Gasteiger partial charge on any atom is 0.191 e. The van der Waals surface area contributed by atoms with Crippen molar-refractivity contribution in [2.75, 3.05) is 20.1 Å². The first-order valence-corrected chi connectivity index (χ1v) is 8.17. The molecule has 0 spiro atoms. The summed E-state index contributed by atoms with van der Waals surface area (Å²) < 4.78 is 5.81. The van der Waals surface area contributed by atoms with Gasteiger partial charge in [0.05, 0.1) is 0 Å². The molecule has 3 rings (SSSR count). The van der Waals surface area contributed by atoms with Crippen molar-refractivity contribution >= 4 is 40.9 Å². The molecule has 2 N–H and O–H groups in total. The Balaban J connectivity index is 0.00000225. The number of nitrogens with one attached hydrogen (secondary N) is 2. The van der Waals surface area contributed by atoms with Crippen molar-refractivity contribution in [3.63, 3.8) is 0 Å². The molecule has 1 aromatic carbocycles. The molecule has 0 aliphatic carbocycles. The number of hydrogen-bond acceptors (Lipinski definition) is 3. The van der Waals surface area contributed by atoms with Gasteiger partial charge in [-0.15, -0.1) is 24.0 Å². The number of fused-ring (bicyclic) bond motifs is 1. The van der Waals surface area contributed by atoms with Crippen molar-refractivity contribution in [2.45, 2.75) is 12.8 Å². The summed E-state index contributed by atoms with van der Waals surface area (Å²) in [5, 5.41) is 7.75. The summed E-state index contributed by atoms with van der Waals surface area (Å²) in [5.41, 5.74) is 2.01. The highest BCUT2D eigenvalue weighted by molar-refractivity contribution is 14.0. The van der Waals surface area contributed by atoms with Crippen LogP contribution in [0.15, 0.2) is 64.1 Å². The third-order valence-electron chi connectivity index (χ3n) is 3.76. The molecule has 0 saturated heterocycles. The number of hydrogen-bond donors (Lipinski definition) is 2. The van der Waals surface area contributed by atoms with Gasteiger partial charge in [0.25, 0.3) is 0 Å². The summed E-state index contributed by atoms with van der Waals surface area (Å²) >= 11 is 0. The molecule has 6 heteroatoms. The van der Waals surface area contributed by atoms with Gasteiger partial charge in [0, 0.05) is 50.3 Å². The van der Waals surface area contributed by atoms with E-state index >= 15 is 0 Å². The number of halogens is 1. The van der Waals surface area contributed by atoms with Crippen LogP contribution in [0.2, 0.25) is 0 Å². The highest BCUT2D eigenvalue weighted by Crippen LogP contribution is 2.18. The lowest BCUT2D eigenvalue weighted by Crippen LogP contribution is -2.39. The van der Waals surface area contributed by atoms with Gasteiger partial charge in [-0.1, -0.05) is 24.3 Å². The van der Waals surface area contributed by atoms with Gasteiger partial charge in [-0.05, 0) is 24.3 Å². The fraction of sp³-hybridized carbons (Fsp3) is 0.263. The third-order valence-corrected chi connectivity index (χ3v) is 3.76. The van der Waals surface area contributed by atoms with Crippen molar-refractivity contribution in [1.29, 1.82) is 0 Å². The van der Waals surface area contributed by atoms with Crippen molar-refractivity contribution < 1.29 is 4.42 Å². The third kappa shape index (κ3) is 5.74. The van der Waals surface area contributed by atoms with E-state index in [1.807, 2.05) is 42.6 Å². The van der Waals surface area contributed by atoms with Gasteiger partial charge in [0.2, 0.25) is 0 Å².